The minimum absolute atomic E-state index is 0.421. The van der Waals surface area contributed by atoms with Crippen molar-refractivity contribution >= 4 is 11.3 Å². The zero-order valence-electron chi connectivity index (χ0n) is 8.68. The molecular weight excluding hydrogens is 216 g/mol. The van der Waals surface area contributed by atoms with Gasteiger partial charge in [0.1, 0.15) is 5.01 Å². The number of hydrogen-bond acceptors (Lipinski definition) is 3. The smallest absolute Gasteiger partial charge is 0.101 e. The lowest BCUT2D eigenvalue weighted by molar-refractivity contribution is 0.699. The van der Waals surface area contributed by atoms with Gasteiger partial charge < -0.3 is 0 Å². The summed E-state index contributed by atoms with van der Waals surface area (Å²) in [5.41, 5.74) is 3.75. The topological polar surface area (TPSA) is 36.7 Å². The largest absolute Gasteiger partial charge is 0.245 e. The Kier molecular flexibility index (Phi) is 2.23. The fourth-order valence-corrected chi connectivity index (χ4v) is 3.06. The van der Waals surface area contributed by atoms with Crippen LogP contribution in [0.15, 0.2) is 29.6 Å². The molecule has 2 nitrogen and oxygen atoms in total. The van der Waals surface area contributed by atoms with Gasteiger partial charge in [-0.25, -0.2) is 4.98 Å². The molecule has 2 aromatic rings. The first kappa shape index (κ1) is 9.56. The number of nitriles is 1. The lowest BCUT2D eigenvalue weighted by atomic mass is 9.78. The van der Waals surface area contributed by atoms with E-state index in [0.717, 1.165) is 17.1 Å². The molecule has 1 aliphatic carbocycles. The summed E-state index contributed by atoms with van der Waals surface area (Å²) < 4.78 is 0. The number of hydrogen-bond donors (Lipinski definition) is 0. The van der Waals surface area contributed by atoms with E-state index in [4.69, 9.17) is 5.26 Å². The summed E-state index contributed by atoms with van der Waals surface area (Å²) in [5.74, 6) is 0.466. The summed E-state index contributed by atoms with van der Waals surface area (Å²) in [4.78, 5) is 4.52. The van der Waals surface area contributed by atoms with Crippen LogP contribution in [0.2, 0.25) is 0 Å². The first-order chi connectivity index (χ1) is 7.88. The molecular formula is C13H10N2S. The zero-order valence-corrected chi connectivity index (χ0v) is 9.50. The molecule has 0 fully saturated rings. The van der Waals surface area contributed by atoms with E-state index < -0.39 is 0 Å². The lowest BCUT2D eigenvalue weighted by Gasteiger charge is -2.28. The Balaban J connectivity index is 1.88. The Morgan fingerprint density at radius 3 is 3.12 bits per heavy atom. The molecule has 0 amide bonds. The summed E-state index contributed by atoms with van der Waals surface area (Å²) in [6.07, 6.45) is 1.51. The van der Waals surface area contributed by atoms with Gasteiger partial charge in [0.25, 0.3) is 0 Å². The molecule has 0 spiro atoms. The number of fused-ring (bicyclic) bond motifs is 1. The minimum atomic E-state index is 0.421. The van der Waals surface area contributed by atoms with Crippen molar-refractivity contribution in [3.63, 3.8) is 0 Å². The van der Waals surface area contributed by atoms with Crippen LogP contribution in [0.25, 0.3) is 0 Å². The van der Waals surface area contributed by atoms with Crippen molar-refractivity contribution in [2.45, 2.75) is 18.8 Å². The quantitative estimate of drug-likeness (QED) is 0.789. The van der Waals surface area contributed by atoms with Crippen LogP contribution in [0.5, 0.6) is 0 Å². The summed E-state index contributed by atoms with van der Waals surface area (Å²) in [6, 6.07) is 10.6. The SMILES string of the molecule is N#CCc1csc(C2Cc3ccccc32)n1. The highest BCUT2D eigenvalue weighted by molar-refractivity contribution is 7.09. The normalized spacial score (nSPS) is 17.3. The van der Waals surface area contributed by atoms with Crippen molar-refractivity contribution < 1.29 is 0 Å². The molecule has 0 N–H and O–H groups in total. The van der Waals surface area contributed by atoms with Gasteiger partial charge in [-0.3, -0.25) is 0 Å². The van der Waals surface area contributed by atoms with Gasteiger partial charge in [-0.2, -0.15) is 5.26 Å². The number of rotatable bonds is 2. The van der Waals surface area contributed by atoms with Crippen LogP contribution in [0, 0.1) is 11.3 Å². The monoisotopic (exact) mass is 226 g/mol. The Hall–Kier alpha value is -1.66. The van der Waals surface area contributed by atoms with E-state index in [1.807, 2.05) is 5.38 Å². The number of benzene rings is 1. The Morgan fingerprint density at radius 2 is 2.31 bits per heavy atom. The number of aromatic nitrogens is 1. The number of nitrogens with zero attached hydrogens (tertiary/aromatic N) is 2. The van der Waals surface area contributed by atoms with E-state index in [9.17, 15) is 0 Å². The molecule has 1 atom stereocenters. The second kappa shape index (κ2) is 3.73. The zero-order chi connectivity index (χ0) is 11.0. The molecule has 1 aliphatic rings. The Labute approximate surface area is 98.2 Å². The fraction of sp³-hybridized carbons (Fsp3) is 0.231. The third-order valence-electron chi connectivity index (χ3n) is 2.98. The van der Waals surface area contributed by atoms with Gasteiger partial charge in [0, 0.05) is 11.3 Å². The maximum absolute atomic E-state index is 8.61. The van der Waals surface area contributed by atoms with E-state index in [2.05, 4.69) is 35.3 Å². The highest BCUT2D eigenvalue weighted by Gasteiger charge is 2.29. The molecule has 0 saturated heterocycles. The lowest BCUT2D eigenvalue weighted by Crippen LogP contribution is -2.17. The first-order valence-electron chi connectivity index (χ1n) is 5.27. The van der Waals surface area contributed by atoms with Crippen molar-refractivity contribution in [2.24, 2.45) is 0 Å². The van der Waals surface area contributed by atoms with Crippen LogP contribution in [-0.2, 0) is 12.8 Å². The van der Waals surface area contributed by atoms with E-state index in [-0.39, 0.29) is 0 Å². The first-order valence-corrected chi connectivity index (χ1v) is 6.15. The Morgan fingerprint density at radius 1 is 1.44 bits per heavy atom. The van der Waals surface area contributed by atoms with Gasteiger partial charge in [0.2, 0.25) is 0 Å². The highest BCUT2D eigenvalue weighted by atomic mass is 32.1. The number of thiazole rings is 1. The van der Waals surface area contributed by atoms with Crippen LogP contribution in [-0.4, -0.2) is 4.98 Å². The summed E-state index contributed by atoms with van der Waals surface area (Å²) in [6.45, 7) is 0. The second-order valence-corrected chi connectivity index (χ2v) is 4.86. The molecule has 78 valence electrons. The van der Waals surface area contributed by atoms with Gasteiger partial charge in [-0.1, -0.05) is 24.3 Å². The van der Waals surface area contributed by atoms with Crippen LogP contribution < -0.4 is 0 Å². The maximum Gasteiger partial charge on any atom is 0.101 e. The predicted octanol–water partition coefficient (Wildman–Crippen LogP) is 2.90. The summed E-state index contributed by atoms with van der Waals surface area (Å²) in [5, 5.41) is 11.8. The molecule has 16 heavy (non-hydrogen) atoms. The molecule has 1 heterocycles. The van der Waals surface area contributed by atoms with Crippen LogP contribution in [0.4, 0.5) is 0 Å². The van der Waals surface area contributed by atoms with Crippen molar-refractivity contribution in [3.05, 3.63) is 51.5 Å². The van der Waals surface area contributed by atoms with Gasteiger partial charge in [-0.05, 0) is 17.5 Å². The summed E-state index contributed by atoms with van der Waals surface area (Å²) in [7, 11) is 0. The molecule has 0 saturated carbocycles. The van der Waals surface area contributed by atoms with Gasteiger partial charge in [0.05, 0.1) is 18.2 Å². The van der Waals surface area contributed by atoms with Crippen LogP contribution in [0.1, 0.15) is 27.7 Å². The van der Waals surface area contributed by atoms with E-state index in [1.165, 1.54) is 11.1 Å². The van der Waals surface area contributed by atoms with Gasteiger partial charge >= 0.3 is 0 Å². The standard InChI is InChI=1S/C13H10N2S/c14-6-5-10-8-16-13(15-10)12-7-9-3-1-2-4-11(9)12/h1-4,8,12H,5,7H2. The molecule has 0 radical (unpaired) electrons. The second-order valence-electron chi connectivity index (χ2n) is 3.97. The van der Waals surface area contributed by atoms with Gasteiger partial charge in [-0.15, -0.1) is 11.3 Å². The molecule has 3 heteroatoms. The molecule has 3 rings (SSSR count). The molecule has 0 aliphatic heterocycles. The van der Waals surface area contributed by atoms with Crippen molar-refractivity contribution in [1.82, 2.24) is 4.98 Å². The molecule has 1 aromatic heterocycles. The predicted molar refractivity (Wildman–Crippen MR) is 63.4 cm³/mol. The molecule has 0 bridgehead atoms. The van der Waals surface area contributed by atoms with Gasteiger partial charge in [0.15, 0.2) is 0 Å². The maximum atomic E-state index is 8.61. The van der Waals surface area contributed by atoms with E-state index >= 15 is 0 Å². The summed E-state index contributed by atoms with van der Waals surface area (Å²) >= 11 is 1.67. The fourth-order valence-electron chi connectivity index (χ4n) is 2.12. The van der Waals surface area contributed by atoms with Crippen molar-refractivity contribution in [1.29, 1.82) is 5.26 Å². The van der Waals surface area contributed by atoms with Crippen LogP contribution >= 0.6 is 11.3 Å². The highest BCUT2D eigenvalue weighted by Crippen LogP contribution is 2.40. The van der Waals surface area contributed by atoms with E-state index in [1.54, 1.807) is 11.3 Å². The van der Waals surface area contributed by atoms with Crippen molar-refractivity contribution in [2.75, 3.05) is 0 Å². The minimum Gasteiger partial charge on any atom is -0.245 e. The van der Waals surface area contributed by atoms with E-state index in [0.29, 0.717) is 12.3 Å². The molecule has 1 aromatic carbocycles. The molecule has 1 unspecified atom stereocenters. The third-order valence-corrected chi connectivity index (χ3v) is 3.99. The average Bonchev–Trinajstić information content (AvgIpc) is 2.69. The van der Waals surface area contributed by atoms with Crippen molar-refractivity contribution in [3.8, 4) is 6.07 Å². The van der Waals surface area contributed by atoms with Crippen LogP contribution in [0.3, 0.4) is 0 Å². The Bertz CT molecular complexity index is 565. The third kappa shape index (κ3) is 1.43. The average molecular weight is 226 g/mol.